The molecule has 0 aromatic heterocycles. The normalized spacial score (nSPS) is 31.2. The number of allylic oxidation sites excluding steroid dienone is 1. The van der Waals surface area contributed by atoms with E-state index in [1.807, 2.05) is 12.3 Å². The van der Waals surface area contributed by atoms with E-state index < -0.39 is 10.8 Å². The van der Waals surface area contributed by atoms with Crippen LogP contribution in [0.25, 0.3) is 0 Å². The van der Waals surface area contributed by atoms with Gasteiger partial charge in [0.1, 0.15) is 0 Å². The second-order valence-corrected chi connectivity index (χ2v) is 3.67. The van der Waals surface area contributed by atoms with Crippen molar-refractivity contribution in [2.45, 2.75) is 18.7 Å². The zero-order valence-corrected chi connectivity index (χ0v) is 6.66. The number of hydrogen-bond donors (Lipinski definition) is 2. The zero-order valence-electron chi connectivity index (χ0n) is 5.84. The lowest BCUT2D eigenvalue weighted by Gasteiger charge is -2.18. The van der Waals surface area contributed by atoms with E-state index in [0.717, 1.165) is 5.70 Å². The number of carboxylic acids is 1. The lowest BCUT2D eigenvalue weighted by Crippen LogP contribution is -2.42. The van der Waals surface area contributed by atoms with E-state index in [0.29, 0.717) is 0 Å². The van der Waals surface area contributed by atoms with Crippen LogP contribution in [-0.4, -0.2) is 15.9 Å². The Bertz CT molecular complexity index is 202. The molecule has 10 heavy (non-hydrogen) atoms. The Kier molecular flexibility index (Phi) is 1.64. The van der Waals surface area contributed by atoms with Crippen molar-refractivity contribution >= 4 is 17.7 Å². The van der Waals surface area contributed by atoms with E-state index in [9.17, 15) is 4.79 Å². The Balaban J connectivity index is 2.70. The van der Waals surface area contributed by atoms with Crippen molar-refractivity contribution in [1.82, 2.24) is 5.32 Å². The summed E-state index contributed by atoms with van der Waals surface area (Å²) >= 11 is 1.29. The van der Waals surface area contributed by atoms with Gasteiger partial charge in [0.25, 0.3) is 0 Å². The highest BCUT2D eigenvalue weighted by Gasteiger charge is 2.36. The summed E-state index contributed by atoms with van der Waals surface area (Å²) < 4.78 is 0. The van der Waals surface area contributed by atoms with Gasteiger partial charge in [-0.25, -0.2) is 4.79 Å². The van der Waals surface area contributed by atoms with Gasteiger partial charge in [-0.3, -0.25) is 0 Å². The number of thioether (sulfide) groups is 1. The van der Waals surface area contributed by atoms with Crippen LogP contribution in [-0.2, 0) is 4.79 Å². The Labute approximate surface area is 63.5 Å². The molecular weight excluding hydrogens is 150 g/mol. The molecule has 0 saturated heterocycles. The van der Waals surface area contributed by atoms with Gasteiger partial charge in [-0.2, -0.15) is 0 Å². The number of nitrogens with one attached hydrogen (secondary N) is 1. The predicted molar refractivity (Wildman–Crippen MR) is 40.5 cm³/mol. The summed E-state index contributed by atoms with van der Waals surface area (Å²) in [5.41, 5.74) is 0.912. The second-order valence-electron chi connectivity index (χ2n) is 2.38. The molecule has 0 aliphatic carbocycles. The molecule has 0 bridgehead atoms. The molecule has 0 saturated carbocycles. The Hall–Kier alpha value is -0.640. The first kappa shape index (κ1) is 7.47. The van der Waals surface area contributed by atoms with Gasteiger partial charge in [0, 0.05) is 5.70 Å². The lowest BCUT2D eigenvalue weighted by molar-refractivity contribution is -0.139. The molecule has 0 amide bonds. The molecule has 1 rings (SSSR count). The minimum absolute atomic E-state index is 0.828. The quantitative estimate of drug-likeness (QED) is 0.599. The molecule has 4 heteroatoms. The summed E-state index contributed by atoms with van der Waals surface area (Å²) in [6.45, 7) is 3.49. The van der Waals surface area contributed by atoms with Gasteiger partial charge in [-0.1, -0.05) is 11.8 Å². The molecule has 0 aromatic rings. The van der Waals surface area contributed by atoms with Gasteiger partial charge >= 0.3 is 5.97 Å². The third-order valence-corrected chi connectivity index (χ3v) is 2.53. The van der Waals surface area contributed by atoms with Crippen molar-refractivity contribution in [3.63, 3.8) is 0 Å². The third-order valence-electron chi connectivity index (χ3n) is 1.32. The zero-order chi connectivity index (χ0) is 7.78. The van der Waals surface area contributed by atoms with E-state index in [4.69, 9.17) is 5.11 Å². The van der Waals surface area contributed by atoms with E-state index in [-0.39, 0.29) is 0 Å². The summed E-state index contributed by atoms with van der Waals surface area (Å²) in [4.78, 5) is 9.71. The molecule has 3 nitrogen and oxygen atoms in total. The highest BCUT2D eigenvalue weighted by molar-refractivity contribution is 8.04. The summed E-state index contributed by atoms with van der Waals surface area (Å²) in [6.07, 6.45) is 0. The number of carbonyl (C=O) groups is 1. The van der Waals surface area contributed by atoms with Crippen LogP contribution >= 0.6 is 11.8 Å². The fourth-order valence-corrected chi connectivity index (χ4v) is 1.54. The maximum atomic E-state index is 10.6. The van der Waals surface area contributed by atoms with Crippen molar-refractivity contribution in [3.05, 3.63) is 11.1 Å². The monoisotopic (exact) mass is 159 g/mol. The third kappa shape index (κ3) is 1.11. The molecule has 0 fully saturated rings. The molecule has 1 aliphatic heterocycles. The smallest absolute Gasteiger partial charge is 0.340 e. The SMILES string of the molecule is CC1=CSC(C)(C(=O)O)N1. The number of carboxylic acid groups (broad SMARTS) is 1. The number of aliphatic carboxylic acids is 1. The standard InChI is InChI=1S/C6H9NO2S/c1-4-3-10-6(2,7-4)5(8)9/h3,7H,1-2H3,(H,8,9). The van der Waals surface area contributed by atoms with Crippen LogP contribution in [0, 0.1) is 0 Å². The number of rotatable bonds is 1. The molecule has 1 atom stereocenters. The molecule has 1 unspecified atom stereocenters. The molecule has 1 heterocycles. The van der Waals surface area contributed by atoms with Gasteiger partial charge in [-0.05, 0) is 19.3 Å². The van der Waals surface area contributed by atoms with Gasteiger partial charge < -0.3 is 10.4 Å². The average Bonchev–Trinajstić information content (AvgIpc) is 2.13. The fourth-order valence-electron chi connectivity index (χ4n) is 0.745. The summed E-state index contributed by atoms with van der Waals surface area (Å²) in [5, 5.41) is 13.3. The summed E-state index contributed by atoms with van der Waals surface area (Å²) in [5.74, 6) is -0.828. The van der Waals surface area contributed by atoms with E-state index in [2.05, 4.69) is 5.32 Å². The summed E-state index contributed by atoms with van der Waals surface area (Å²) in [6, 6.07) is 0. The summed E-state index contributed by atoms with van der Waals surface area (Å²) in [7, 11) is 0. The van der Waals surface area contributed by atoms with Crippen LogP contribution in [0.1, 0.15) is 13.8 Å². The van der Waals surface area contributed by atoms with Crippen LogP contribution in [0.3, 0.4) is 0 Å². The highest BCUT2D eigenvalue weighted by Crippen LogP contribution is 2.30. The minimum atomic E-state index is -0.843. The molecule has 0 aromatic carbocycles. The molecule has 56 valence electrons. The average molecular weight is 159 g/mol. The maximum absolute atomic E-state index is 10.6. The van der Waals surface area contributed by atoms with Crippen LogP contribution in [0.2, 0.25) is 0 Å². The first-order chi connectivity index (χ1) is 4.54. The van der Waals surface area contributed by atoms with Gasteiger partial charge in [-0.15, -0.1) is 0 Å². The van der Waals surface area contributed by atoms with E-state index >= 15 is 0 Å². The second kappa shape index (κ2) is 2.20. The van der Waals surface area contributed by atoms with Crippen molar-refractivity contribution in [1.29, 1.82) is 0 Å². The fraction of sp³-hybridized carbons (Fsp3) is 0.500. The van der Waals surface area contributed by atoms with E-state index in [1.54, 1.807) is 6.92 Å². The van der Waals surface area contributed by atoms with Crippen LogP contribution in [0.15, 0.2) is 11.1 Å². The Morgan fingerprint density at radius 3 is 2.70 bits per heavy atom. The molecule has 2 N–H and O–H groups in total. The van der Waals surface area contributed by atoms with Crippen LogP contribution in [0.4, 0.5) is 0 Å². The Morgan fingerprint density at radius 2 is 2.50 bits per heavy atom. The molecular formula is C6H9NO2S. The molecule has 1 aliphatic rings. The lowest BCUT2D eigenvalue weighted by atomic mass is 10.3. The van der Waals surface area contributed by atoms with E-state index in [1.165, 1.54) is 11.8 Å². The minimum Gasteiger partial charge on any atom is -0.479 e. The first-order valence-corrected chi connectivity index (χ1v) is 3.79. The maximum Gasteiger partial charge on any atom is 0.340 e. The highest BCUT2D eigenvalue weighted by atomic mass is 32.2. The van der Waals surface area contributed by atoms with Crippen molar-refractivity contribution < 1.29 is 9.90 Å². The van der Waals surface area contributed by atoms with Crippen molar-refractivity contribution in [2.75, 3.05) is 0 Å². The predicted octanol–water partition coefficient (Wildman–Crippen LogP) is 0.985. The largest absolute Gasteiger partial charge is 0.479 e. The van der Waals surface area contributed by atoms with Gasteiger partial charge in [0.2, 0.25) is 0 Å². The van der Waals surface area contributed by atoms with Crippen molar-refractivity contribution in [2.24, 2.45) is 0 Å². The first-order valence-electron chi connectivity index (χ1n) is 2.91. The molecule has 0 radical (unpaired) electrons. The molecule has 0 spiro atoms. The van der Waals surface area contributed by atoms with Crippen LogP contribution in [0.5, 0.6) is 0 Å². The van der Waals surface area contributed by atoms with Crippen LogP contribution < -0.4 is 5.32 Å². The van der Waals surface area contributed by atoms with Gasteiger partial charge in [0.05, 0.1) is 0 Å². The Morgan fingerprint density at radius 1 is 1.90 bits per heavy atom. The number of hydrogen-bond acceptors (Lipinski definition) is 3. The van der Waals surface area contributed by atoms with Crippen molar-refractivity contribution in [3.8, 4) is 0 Å². The van der Waals surface area contributed by atoms with Gasteiger partial charge in [0.15, 0.2) is 4.87 Å². The topological polar surface area (TPSA) is 49.3 Å².